The van der Waals surface area contributed by atoms with Crippen LogP contribution in [0, 0.1) is 11.2 Å². The number of aromatic nitrogens is 1. The highest BCUT2D eigenvalue weighted by Crippen LogP contribution is 2.50. The van der Waals surface area contributed by atoms with Crippen LogP contribution < -0.4 is 0 Å². The third kappa shape index (κ3) is 2.72. The Morgan fingerprint density at radius 1 is 1.43 bits per heavy atom. The average molecular weight is 418 g/mol. The number of nitrogens with zero attached hydrogens (tertiary/aromatic N) is 2. The summed E-state index contributed by atoms with van der Waals surface area (Å²) in [4.78, 5) is 4.21. The van der Waals surface area contributed by atoms with Crippen molar-refractivity contribution in [1.29, 1.82) is 0 Å². The van der Waals surface area contributed by atoms with Gasteiger partial charge in [0.1, 0.15) is 10.8 Å². The lowest BCUT2D eigenvalue weighted by molar-refractivity contribution is 0.0376. The molecule has 0 N–H and O–H groups in total. The van der Waals surface area contributed by atoms with Crippen molar-refractivity contribution in [3.8, 4) is 0 Å². The second kappa shape index (κ2) is 5.13. The van der Waals surface area contributed by atoms with Gasteiger partial charge >= 0.3 is 6.92 Å². The van der Waals surface area contributed by atoms with Crippen LogP contribution in [0.4, 0.5) is 4.39 Å². The second-order valence-electron chi connectivity index (χ2n) is 6.66. The molecule has 0 aliphatic carbocycles. The molecule has 1 saturated heterocycles. The van der Waals surface area contributed by atoms with Gasteiger partial charge in [0.25, 0.3) is 0 Å². The van der Waals surface area contributed by atoms with Gasteiger partial charge < -0.3 is 4.65 Å². The van der Waals surface area contributed by atoms with E-state index in [1.54, 1.807) is 6.07 Å². The Bertz CT molecular complexity index is 607. The summed E-state index contributed by atoms with van der Waals surface area (Å²) in [6, 6.07) is 1.56. The van der Waals surface area contributed by atoms with Crippen LogP contribution in [0.1, 0.15) is 33.3 Å². The van der Waals surface area contributed by atoms with E-state index in [2.05, 4.69) is 55.5 Å². The minimum atomic E-state index is -0.307. The summed E-state index contributed by atoms with van der Waals surface area (Å²) < 4.78 is 21.9. The first-order valence-corrected chi connectivity index (χ1v) is 8.62. The van der Waals surface area contributed by atoms with Gasteiger partial charge in [-0.3, -0.25) is 2.52 Å². The van der Waals surface area contributed by atoms with Crippen LogP contribution in [-0.4, -0.2) is 20.0 Å². The van der Waals surface area contributed by atoms with E-state index in [0.717, 1.165) is 22.4 Å². The minimum Gasteiger partial charge on any atom is -0.425 e. The molecule has 0 atom stereocenters. The molecule has 21 heavy (non-hydrogen) atoms. The summed E-state index contributed by atoms with van der Waals surface area (Å²) in [5, 5.41) is 0.828. The zero-order chi connectivity index (χ0) is 15.4. The summed E-state index contributed by atoms with van der Waals surface area (Å²) in [5.41, 5.74) is 1.73. The Labute approximate surface area is 143 Å². The molecule has 0 saturated carbocycles. The van der Waals surface area contributed by atoms with Crippen LogP contribution in [-0.2, 0) is 4.65 Å². The van der Waals surface area contributed by atoms with Crippen LogP contribution >= 0.6 is 34.8 Å². The molecule has 3 rings (SSSR count). The summed E-state index contributed by atoms with van der Waals surface area (Å²) in [6.07, 6.45) is 4.20. The number of hydrogen-bond donors (Lipinski definition) is 0. The molecule has 0 aromatic carbocycles. The largest absolute Gasteiger partial charge is 0.425 e. The van der Waals surface area contributed by atoms with Crippen LogP contribution in [0.5, 0.6) is 0 Å². The van der Waals surface area contributed by atoms with Gasteiger partial charge in [-0.2, -0.15) is 0 Å². The summed E-state index contributed by atoms with van der Waals surface area (Å²) in [5.74, 6) is -0.307. The number of halogens is 2. The lowest BCUT2D eigenvalue weighted by Gasteiger charge is -2.34. The van der Waals surface area contributed by atoms with Crippen molar-refractivity contribution in [2.75, 3.05) is 0 Å². The van der Waals surface area contributed by atoms with Crippen LogP contribution in [0.2, 0.25) is 6.32 Å². The molecule has 0 amide bonds. The molecule has 7 heteroatoms. The van der Waals surface area contributed by atoms with E-state index >= 15 is 0 Å². The standard InChI is InChI=1S/C14H17BFIN2OS/c1-13(2)8-15(20-14(13,3)4)11-7-19(17)21-12-10(11)5-9(16)6-18-12/h5-7H,8H2,1-4H3. The Morgan fingerprint density at radius 3 is 2.76 bits per heavy atom. The highest BCUT2D eigenvalue weighted by atomic mass is 127. The molecule has 1 aromatic rings. The molecular formula is C14H17BFIN2OS. The zero-order valence-electron chi connectivity index (χ0n) is 12.5. The van der Waals surface area contributed by atoms with E-state index in [-0.39, 0.29) is 23.7 Å². The van der Waals surface area contributed by atoms with E-state index < -0.39 is 0 Å². The van der Waals surface area contributed by atoms with Gasteiger partial charge in [-0.05, 0) is 37.1 Å². The second-order valence-corrected chi connectivity index (χ2v) is 9.32. The molecule has 0 unspecified atom stereocenters. The fourth-order valence-electron chi connectivity index (χ4n) is 2.69. The Hall–Kier alpha value is -0.275. The van der Waals surface area contributed by atoms with Gasteiger partial charge in [0.2, 0.25) is 0 Å². The lowest BCUT2D eigenvalue weighted by Crippen LogP contribution is -2.34. The molecular weight excluding hydrogens is 401 g/mol. The van der Waals surface area contributed by atoms with Gasteiger partial charge in [-0.1, -0.05) is 13.8 Å². The molecule has 3 heterocycles. The lowest BCUT2D eigenvalue weighted by atomic mass is 9.52. The first kappa shape index (κ1) is 15.6. The zero-order valence-corrected chi connectivity index (χ0v) is 15.5. The fourth-order valence-corrected chi connectivity index (χ4v) is 4.26. The quantitative estimate of drug-likeness (QED) is 0.288. The van der Waals surface area contributed by atoms with Crippen LogP contribution in [0.25, 0.3) is 5.47 Å². The van der Waals surface area contributed by atoms with Gasteiger partial charge in [0, 0.05) is 23.7 Å². The highest BCUT2D eigenvalue weighted by molar-refractivity contribution is 14.1. The van der Waals surface area contributed by atoms with Crippen LogP contribution in [0.3, 0.4) is 0 Å². The first-order valence-electron chi connectivity index (χ1n) is 6.88. The van der Waals surface area contributed by atoms with Gasteiger partial charge in [-0.15, -0.1) is 0 Å². The van der Waals surface area contributed by atoms with Crippen molar-refractivity contribution in [3.63, 3.8) is 0 Å². The summed E-state index contributed by atoms with van der Waals surface area (Å²) >= 11 is 3.71. The molecule has 1 fully saturated rings. The van der Waals surface area contributed by atoms with E-state index in [4.69, 9.17) is 4.65 Å². The van der Waals surface area contributed by atoms with Crippen molar-refractivity contribution in [2.45, 2.75) is 44.6 Å². The van der Waals surface area contributed by atoms with E-state index in [9.17, 15) is 4.39 Å². The molecule has 112 valence electrons. The van der Waals surface area contributed by atoms with Crippen molar-refractivity contribution in [2.24, 2.45) is 5.41 Å². The summed E-state index contributed by atoms with van der Waals surface area (Å²) in [6.45, 7) is 8.65. The Morgan fingerprint density at radius 2 is 2.14 bits per heavy atom. The van der Waals surface area contributed by atoms with Crippen molar-refractivity contribution in [3.05, 3.63) is 29.8 Å². The number of hydrogen-bond acceptors (Lipinski definition) is 4. The molecule has 2 aliphatic heterocycles. The fraction of sp³-hybridized carbons (Fsp3) is 0.500. The molecule has 1 aromatic heterocycles. The molecule has 0 radical (unpaired) electrons. The smallest absolute Gasteiger partial charge is 0.330 e. The maximum absolute atomic E-state index is 13.6. The van der Waals surface area contributed by atoms with Gasteiger partial charge in [-0.25, -0.2) is 9.37 Å². The van der Waals surface area contributed by atoms with Crippen molar-refractivity contribution in [1.82, 2.24) is 7.50 Å². The predicted octanol–water partition coefficient (Wildman–Crippen LogP) is 4.60. The van der Waals surface area contributed by atoms with Crippen molar-refractivity contribution >= 4 is 47.2 Å². The topological polar surface area (TPSA) is 25.4 Å². The van der Waals surface area contributed by atoms with Crippen molar-refractivity contribution < 1.29 is 9.04 Å². The van der Waals surface area contributed by atoms with Gasteiger partial charge in [0.15, 0.2) is 0 Å². The average Bonchev–Trinajstić information content (AvgIpc) is 2.58. The number of fused-ring (bicyclic) bond motifs is 1. The maximum Gasteiger partial charge on any atom is 0.330 e. The van der Waals surface area contributed by atoms with Crippen LogP contribution in [0.15, 0.2) is 23.5 Å². The molecule has 0 bridgehead atoms. The number of pyridine rings is 1. The monoisotopic (exact) mass is 418 g/mol. The maximum atomic E-state index is 13.6. The molecule has 3 nitrogen and oxygen atoms in total. The van der Waals surface area contributed by atoms with Gasteiger partial charge in [0.05, 0.1) is 34.7 Å². The third-order valence-electron chi connectivity index (χ3n) is 4.65. The predicted molar refractivity (Wildman–Crippen MR) is 93.4 cm³/mol. The Kier molecular flexibility index (Phi) is 3.81. The molecule has 0 spiro atoms. The normalized spacial score (nSPS) is 23.0. The minimum absolute atomic E-state index is 0.0319. The van der Waals surface area contributed by atoms with E-state index in [1.807, 2.05) is 8.72 Å². The Balaban J connectivity index is 2.02. The first-order chi connectivity index (χ1) is 9.69. The third-order valence-corrected chi connectivity index (χ3v) is 6.30. The highest BCUT2D eigenvalue weighted by Gasteiger charge is 2.51. The summed E-state index contributed by atoms with van der Waals surface area (Å²) in [7, 11) is 0. The number of rotatable bonds is 1. The molecule has 2 aliphatic rings. The van der Waals surface area contributed by atoms with E-state index in [1.165, 1.54) is 18.1 Å². The SMILES string of the molecule is CC1(C)CB(C2=CN(I)Sc3ncc(F)cc32)OC1(C)C. The van der Waals surface area contributed by atoms with E-state index in [0.29, 0.717) is 0 Å².